The van der Waals surface area contributed by atoms with Crippen LogP contribution >= 0.6 is 11.3 Å². The molecular weight excluding hydrogens is 398 g/mol. The maximum atomic E-state index is 10.9. The Morgan fingerprint density at radius 1 is 1.23 bits per heavy atom. The number of ether oxygens (including phenoxy) is 1. The number of thiazole rings is 1. The molecule has 3 aromatic rings. The van der Waals surface area contributed by atoms with E-state index in [9.17, 15) is 5.11 Å². The summed E-state index contributed by atoms with van der Waals surface area (Å²) in [6.07, 6.45) is 8.83. The van der Waals surface area contributed by atoms with Crippen LogP contribution in [0.25, 0.3) is 17.1 Å². The van der Waals surface area contributed by atoms with E-state index in [1.54, 1.807) is 30.7 Å². The number of methoxy groups -OCH3 is 1. The summed E-state index contributed by atoms with van der Waals surface area (Å²) < 4.78 is 5.23. The molecule has 8 heteroatoms. The number of fused-ring (bicyclic) bond motifs is 1. The van der Waals surface area contributed by atoms with Crippen molar-refractivity contribution in [2.24, 2.45) is 4.99 Å². The molecule has 1 N–H and O–H groups in total. The highest BCUT2D eigenvalue weighted by Crippen LogP contribution is 2.25. The lowest BCUT2D eigenvalue weighted by molar-refractivity contribution is 0.113. The van der Waals surface area contributed by atoms with E-state index < -0.39 is 6.10 Å². The Balaban J connectivity index is 1.33. The molecule has 0 saturated carbocycles. The minimum Gasteiger partial charge on any atom is -0.481 e. The van der Waals surface area contributed by atoms with Crippen LogP contribution in [-0.2, 0) is 0 Å². The molecule has 3 aromatic heterocycles. The number of aliphatic imine (C=N–C) groups is 1. The second-order valence-electron chi connectivity index (χ2n) is 7.12. The molecule has 0 spiro atoms. The lowest BCUT2D eigenvalue weighted by atomic mass is 10.0. The fourth-order valence-electron chi connectivity index (χ4n) is 3.56. The number of hydrogen-bond acceptors (Lipinski definition) is 8. The Hall–Kier alpha value is -2.68. The van der Waals surface area contributed by atoms with Gasteiger partial charge in [0.2, 0.25) is 5.88 Å². The van der Waals surface area contributed by atoms with E-state index in [2.05, 4.69) is 25.9 Å². The van der Waals surface area contributed by atoms with Gasteiger partial charge in [-0.1, -0.05) is 6.08 Å². The number of aliphatic hydroxyl groups excluding tert-OH is 1. The molecular formula is C22H25N5O2S. The third-order valence-electron chi connectivity index (χ3n) is 5.15. The van der Waals surface area contributed by atoms with Gasteiger partial charge in [-0.25, -0.2) is 9.97 Å². The van der Waals surface area contributed by atoms with E-state index in [1.807, 2.05) is 29.8 Å². The van der Waals surface area contributed by atoms with Crippen LogP contribution in [0.4, 0.5) is 0 Å². The minimum absolute atomic E-state index is 0.520. The average Bonchev–Trinajstić information content (AvgIpc) is 3.30. The maximum absolute atomic E-state index is 10.9. The normalized spacial score (nSPS) is 16.3. The van der Waals surface area contributed by atoms with Gasteiger partial charge < -0.3 is 9.84 Å². The topological polar surface area (TPSA) is 83.7 Å². The van der Waals surface area contributed by atoms with Crippen LogP contribution in [0.2, 0.25) is 0 Å². The minimum atomic E-state index is -0.630. The monoisotopic (exact) mass is 423 g/mol. The van der Waals surface area contributed by atoms with Crippen molar-refractivity contribution in [1.29, 1.82) is 0 Å². The van der Waals surface area contributed by atoms with Gasteiger partial charge in [0.1, 0.15) is 5.01 Å². The molecule has 4 heterocycles. The molecule has 0 radical (unpaired) electrons. The number of rotatable bonds is 7. The van der Waals surface area contributed by atoms with Gasteiger partial charge in [-0.3, -0.25) is 14.9 Å². The molecule has 1 saturated heterocycles. The third kappa shape index (κ3) is 5.08. The second kappa shape index (κ2) is 9.88. The molecule has 0 amide bonds. The zero-order chi connectivity index (χ0) is 20.8. The van der Waals surface area contributed by atoms with Crippen molar-refractivity contribution in [3.05, 3.63) is 52.6 Å². The van der Waals surface area contributed by atoms with Gasteiger partial charge in [0.25, 0.3) is 0 Å². The molecule has 1 atom stereocenters. The van der Waals surface area contributed by atoms with Gasteiger partial charge in [-0.15, -0.1) is 11.3 Å². The first-order valence-corrected chi connectivity index (χ1v) is 10.9. The van der Waals surface area contributed by atoms with E-state index in [4.69, 9.17) is 9.73 Å². The molecule has 1 fully saturated rings. The van der Waals surface area contributed by atoms with Crippen LogP contribution in [0.5, 0.6) is 5.88 Å². The largest absolute Gasteiger partial charge is 0.481 e. The van der Waals surface area contributed by atoms with E-state index in [0.717, 1.165) is 42.0 Å². The Labute approximate surface area is 179 Å². The molecule has 0 aromatic carbocycles. The lowest BCUT2D eigenvalue weighted by Gasteiger charge is -2.29. The number of aromatic nitrogens is 3. The van der Waals surface area contributed by atoms with Crippen LogP contribution in [0.15, 0.2) is 47.0 Å². The highest BCUT2D eigenvalue weighted by molar-refractivity contribution is 7.10. The van der Waals surface area contributed by atoms with Crippen molar-refractivity contribution >= 4 is 34.2 Å². The van der Waals surface area contributed by atoms with E-state index >= 15 is 0 Å². The summed E-state index contributed by atoms with van der Waals surface area (Å²) in [7, 11) is 1.59. The molecule has 4 rings (SSSR count). The third-order valence-corrected chi connectivity index (χ3v) is 5.89. The predicted octanol–water partition coefficient (Wildman–Crippen LogP) is 3.38. The summed E-state index contributed by atoms with van der Waals surface area (Å²) in [4.78, 5) is 20.0. The van der Waals surface area contributed by atoms with E-state index in [0.29, 0.717) is 24.5 Å². The van der Waals surface area contributed by atoms with Crippen LogP contribution in [-0.4, -0.2) is 64.0 Å². The Morgan fingerprint density at radius 2 is 2.10 bits per heavy atom. The van der Waals surface area contributed by atoms with Gasteiger partial charge in [0, 0.05) is 54.7 Å². The first kappa shape index (κ1) is 20.6. The lowest BCUT2D eigenvalue weighted by Crippen LogP contribution is -2.37. The van der Waals surface area contributed by atoms with Crippen LogP contribution in [0, 0.1) is 0 Å². The predicted molar refractivity (Wildman–Crippen MR) is 120 cm³/mol. The highest BCUT2D eigenvalue weighted by atomic mass is 32.1. The summed E-state index contributed by atoms with van der Waals surface area (Å²) in [5.74, 6) is 0.520. The van der Waals surface area contributed by atoms with E-state index in [-0.39, 0.29) is 0 Å². The van der Waals surface area contributed by atoms with Crippen LogP contribution < -0.4 is 4.74 Å². The van der Waals surface area contributed by atoms with Crippen molar-refractivity contribution in [2.75, 3.05) is 33.3 Å². The summed E-state index contributed by atoms with van der Waals surface area (Å²) in [5, 5.41) is 13.8. The molecule has 1 aliphatic heterocycles. The standard InChI is InChI=1S/C22H25N5O2S/c1-29-20-5-4-18-22(26-20)17(6-10-24-18)19(28)15-27-12-7-16(8-13-27)23-9-2-3-21-25-11-14-30-21/h2-6,10-11,14,19,28H,7-9,12-13,15H2,1H3/b3-2+. The number of hydrogen-bond donors (Lipinski definition) is 1. The molecule has 0 aliphatic carbocycles. The van der Waals surface area contributed by atoms with Crippen LogP contribution in [0.3, 0.4) is 0 Å². The van der Waals surface area contributed by atoms with Crippen LogP contribution in [0.1, 0.15) is 29.5 Å². The molecule has 30 heavy (non-hydrogen) atoms. The highest BCUT2D eigenvalue weighted by Gasteiger charge is 2.20. The van der Waals surface area contributed by atoms with Gasteiger partial charge in [0.15, 0.2) is 0 Å². The zero-order valence-electron chi connectivity index (χ0n) is 16.9. The van der Waals surface area contributed by atoms with Crippen molar-refractivity contribution in [3.8, 4) is 5.88 Å². The first-order valence-electron chi connectivity index (χ1n) is 10.0. The van der Waals surface area contributed by atoms with Gasteiger partial charge in [-0.05, 0) is 31.1 Å². The van der Waals surface area contributed by atoms with Crippen molar-refractivity contribution in [2.45, 2.75) is 18.9 Å². The van der Waals surface area contributed by atoms with E-state index in [1.165, 1.54) is 5.71 Å². The Kier molecular flexibility index (Phi) is 6.78. The summed E-state index contributed by atoms with van der Waals surface area (Å²) in [6.45, 7) is 3.04. The van der Waals surface area contributed by atoms with Gasteiger partial charge in [-0.2, -0.15) is 0 Å². The number of likely N-dealkylation sites (tertiary alicyclic amines) is 1. The number of piperidine rings is 1. The Bertz CT molecular complexity index is 1030. The average molecular weight is 424 g/mol. The summed E-state index contributed by atoms with van der Waals surface area (Å²) >= 11 is 1.62. The smallest absolute Gasteiger partial charge is 0.213 e. The van der Waals surface area contributed by atoms with Gasteiger partial charge in [0.05, 0.1) is 30.8 Å². The maximum Gasteiger partial charge on any atom is 0.213 e. The summed E-state index contributed by atoms with van der Waals surface area (Å²) in [5.41, 5.74) is 3.47. The second-order valence-corrected chi connectivity index (χ2v) is 8.04. The molecule has 1 unspecified atom stereocenters. The molecule has 156 valence electrons. The Morgan fingerprint density at radius 3 is 2.87 bits per heavy atom. The molecule has 0 bridgehead atoms. The number of aliphatic hydroxyl groups is 1. The molecule has 1 aliphatic rings. The fraction of sp³-hybridized carbons (Fsp3) is 0.364. The number of nitrogens with zero attached hydrogens (tertiary/aromatic N) is 5. The molecule has 7 nitrogen and oxygen atoms in total. The quantitative estimate of drug-likeness (QED) is 0.627. The fourth-order valence-corrected chi connectivity index (χ4v) is 4.11. The SMILES string of the molecule is COc1ccc2nccc(C(O)CN3CCC(=NC/C=C/c4nccs4)CC3)c2n1. The summed E-state index contributed by atoms with van der Waals surface area (Å²) in [6, 6.07) is 5.48. The van der Waals surface area contributed by atoms with Gasteiger partial charge >= 0.3 is 0 Å². The zero-order valence-corrected chi connectivity index (χ0v) is 17.8. The number of pyridine rings is 2. The first-order chi connectivity index (χ1) is 14.7. The van der Waals surface area contributed by atoms with Crippen molar-refractivity contribution < 1.29 is 9.84 Å². The van der Waals surface area contributed by atoms with Crippen molar-refractivity contribution in [3.63, 3.8) is 0 Å². The number of β-amino-alcohol motifs (C(OH)–C–C–N with tert-alkyl or cyclic N) is 1. The van der Waals surface area contributed by atoms with Crippen molar-refractivity contribution in [1.82, 2.24) is 19.9 Å².